The van der Waals surface area contributed by atoms with E-state index in [1.807, 2.05) is 0 Å². The summed E-state index contributed by atoms with van der Waals surface area (Å²) in [6.45, 7) is 0. The zero-order valence-corrected chi connectivity index (χ0v) is 14.3. The second-order valence-corrected chi connectivity index (χ2v) is 6.00. The molecule has 3 aromatic rings. The first-order valence-corrected chi connectivity index (χ1v) is 8.20. The Labute approximate surface area is 153 Å². The molecule has 0 aliphatic carbocycles. The molecule has 132 valence electrons. The van der Waals surface area contributed by atoms with E-state index < -0.39 is 5.82 Å². The van der Waals surface area contributed by atoms with Gasteiger partial charge < -0.3 is 4.52 Å². The van der Waals surface area contributed by atoms with Gasteiger partial charge in [-0.3, -0.25) is 14.9 Å². The van der Waals surface area contributed by atoms with Gasteiger partial charge in [0.05, 0.1) is 0 Å². The van der Waals surface area contributed by atoms with Crippen molar-refractivity contribution < 1.29 is 18.5 Å². The summed E-state index contributed by atoms with van der Waals surface area (Å²) in [6, 6.07) is 13.8. The topological polar surface area (TPSA) is 72.2 Å². The number of aromatic nitrogens is 1. The van der Waals surface area contributed by atoms with Crippen LogP contribution >= 0.6 is 11.6 Å². The number of Topliss-reactive ketones (excluding diaryl/α,β-unsaturated/α-hetero) is 1. The predicted molar refractivity (Wildman–Crippen MR) is 95.5 cm³/mol. The highest BCUT2D eigenvalue weighted by molar-refractivity contribution is 6.30. The van der Waals surface area contributed by atoms with Crippen molar-refractivity contribution in [3.8, 4) is 11.3 Å². The van der Waals surface area contributed by atoms with Crippen molar-refractivity contribution in [2.24, 2.45) is 0 Å². The van der Waals surface area contributed by atoms with E-state index in [0.717, 1.165) is 5.56 Å². The minimum atomic E-state index is -0.416. The van der Waals surface area contributed by atoms with Crippen LogP contribution < -0.4 is 5.32 Å². The summed E-state index contributed by atoms with van der Waals surface area (Å²) in [6.07, 6.45) is -0.0111. The van der Waals surface area contributed by atoms with Crippen molar-refractivity contribution in [1.82, 2.24) is 5.16 Å². The molecule has 0 bridgehead atoms. The van der Waals surface area contributed by atoms with Gasteiger partial charge in [0.15, 0.2) is 5.78 Å². The van der Waals surface area contributed by atoms with Crippen LogP contribution in [-0.2, 0) is 4.79 Å². The van der Waals surface area contributed by atoms with Crippen LogP contribution in [0, 0.1) is 5.82 Å². The van der Waals surface area contributed by atoms with Crippen LogP contribution in [0.2, 0.25) is 5.02 Å². The number of nitrogens with zero attached hydrogens (tertiary/aromatic N) is 1. The smallest absolute Gasteiger partial charge is 0.231 e. The largest absolute Gasteiger partial charge is 0.338 e. The van der Waals surface area contributed by atoms with Gasteiger partial charge in [0.2, 0.25) is 11.8 Å². The molecule has 1 heterocycles. The number of hydrogen-bond acceptors (Lipinski definition) is 4. The molecule has 26 heavy (non-hydrogen) atoms. The summed E-state index contributed by atoms with van der Waals surface area (Å²) in [7, 11) is 0. The third kappa shape index (κ3) is 4.55. The minimum Gasteiger partial charge on any atom is -0.338 e. The van der Waals surface area contributed by atoms with Gasteiger partial charge in [-0.2, -0.15) is 0 Å². The molecule has 1 amide bonds. The molecule has 0 radical (unpaired) electrons. The minimum absolute atomic E-state index is 0.00957. The van der Waals surface area contributed by atoms with Crippen molar-refractivity contribution in [2.45, 2.75) is 12.8 Å². The molecule has 0 aliphatic heterocycles. The SMILES string of the molecule is O=C(CCC(=O)c1ccc(F)cc1)Nc1cc(-c2ccc(Cl)cc2)no1. The number of carbonyl (C=O) groups is 2. The van der Waals surface area contributed by atoms with Crippen LogP contribution in [0.4, 0.5) is 10.3 Å². The highest BCUT2D eigenvalue weighted by atomic mass is 35.5. The Balaban J connectivity index is 1.54. The standard InChI is InChI=1S/C19H14ClFN2O3/c20-14-5-1-12(2-6-14)16-11-19(26-23-16)22-18(25)10-9-17(24)13-3-7-15(21)8-4-13/h1-8,11H,9-10H2,(H,22,25). The maximum atomic E-state index is 12.9. The van der Waals surface area contributed by atoms with Crippen LogP contribution in [0.25, 0.3) is 11.3 Å². The van der Waals surface area contributed by atoms with Crippen LogP contribution in [0.3, 0.4) is 0 Å². The molecular formula is C19H14ClFN2O3. The maximum Gasteiger partial charge on any atom is 0.231 e. The Morgan fingerprint density at radius 3 is 2.42 bits per heavy atom. The van der Waals surface area contributed by atoms with E-state index in [1.54, 1.807) is 30.3 Å². The number of halogens is 2. The predicted octanol–water partition coefficient (Wildman–Crippen LogP) is 4.74. The molecule has 5 nitrogen and oxygen atoms in total. The van der Waals surface area contributed by atoms with Crippen LogP contribution in [-0.4, -0.2) is 16.8 Å². The van der Waals surface area contributed by atoms with E-state index in [2.05, 4.69) is 10.5 Å². The summed E-state index contributed by atoms with van der Waals surface area (Å²) >= 11 is 5.84. The Bertz CT molecular complexity index is 921. The van der Waals surface area contributed by atoms with E-state index in [-0.39, 0.29) is 30.4 Å². The second-order valence-electron chi connectivity index (χ2n) is 5.56. The molecule has 0 aliphatic rings. The Morgan fingerprint density at radius 2 is 1.73 bits per heavy atom. The van der Waals surface area contributed by atoms with Gasteiger partial charge in [0.1, 0.15) is 11.5 Å². The van der Waals surface area contributed by atoms with Crippen LogP contribution in [0.5, 0.6) is 0 Å². The fourth-order valence-electron chi connectivity index (χ4n) is 2.30. The molecule has 1 aromatic heterocycles. The first kappa shape index (κ1) is 17.8. The zero-order chi connectivity index (χ0) is 18.5. The third-order valence-electron chi connectivity index (χ3n) is 3.66. The van der Waals surface area contributed by atoms with E-state index in [9.17, 15) is 14.0 Å². The fourth-order valence-corrected chi connectivity index (χ4v) is 2.42. The molecule has 0 saturated carbocycles. The lowest BCUT2D eigenvalue weighted by Crippen LogP contribution is -2.13. The van der Waals surface area contributed by atoms with Crippen LogP contribution in [0.15, 0.2) is 59.1 Å². The Kier molecular flexibility index (Phi) is 5.43. The molecule has 2 aromatic carbocycles. The number of anilines is 1. The van der Waals surface area contributed by atoms with Gasteiger partial charge in [-0.05, 0) is 36.4 Å². The van der Waals surface area contributed by atoms with Gasteiger partial charge in [-0.15, -0.1) is 0 Å². The number of nitrogens with one attached hydrogen (secondary N) is 1. The average Bonchev–Trinajstić information content (AvgIpc) is 3.09. The second kappa shape index (κ2) is 7.93. The molecule has 1 N–H and O–H groups in total. The van der Waals surface area contributed by atoms with Crippen molar-refractivity contribution in [3.63, 3.8) is 0 Å². The maximum absolute atomic E-state index is 12.9. The summed E-state index contributed by atoms with van der Waals surface area (Å²) in [5.74, 6) is -0.839. The lowest BCUT2D eigenvalue weighted by molar-refractivity contribution is -0.116. The van der Waals surface area contributed by atoms with E-state index >= 15 is 0 Å². The molecule has 0 atom stereocenters. The third-order valence-corrected chi connectivity index (χ3v) is 3.91. The lowest BCUT2D eigenvalue weighted by Gasteiger charge is -2.02. The molecule has 3 rings (SSSR count). The number of carbonyl (C=O) groups excluding carboxylic acids is 2. The van der Waals surface area contributed by atoms with Gasteiger partial charge in [-0.25, -0.2) is 4.39 Å². The van der Waals surface area contributed by atoms with Gasteiger partial charge in [0.25, 0.3) is 0 Å². The molecule has 0 fully saturated rings. The Morgan fingerprint density at radius 1 is 1.04 bits per heavy atom. The van der Waals surface area contributed by atoms with Crippen molar-refractivity contribution in [2.75, 3.05) is 5.32 Å². The number of rotatable bonds is 6. The van der Waals surface area contributed by atoms with Gasteiger partial charge >= 0.3 is 0 Å². The first-order chi connectivity index (χ1) is 12.5. The molecule has 0 unspecified atom stereocenters. The van der Waals surface area contributed by atoms with Crippen LogP contribution in [0.1, 0.15) is 23.2 Å². The monoisotopic (exact) mass is 372 g/mol. The highest BCUT2D eigenvalue weighted by Gasteiger charge is 2.12. The number of ketones is 1. The normalized spacial score (nSPS) is 10.5. The molecule has 0 spiro atoms. The number of amides is 1. The van der Waals surface area contributed by atoms with E-state index in [1.165, 1.54) is 24.3 Å². The van der Waals surface area contributed by atoms with Crippen molar-refractivity contribution in [1.29, 1.82) is 0 Å². The quantitative estimate of drug-likeness (QED) is 0.634. The highest BCUT2D eigenvalue weighted by Crippen LogP contribution is 2.23. The molecular weight excluding hydrogens is 359 g/mol. The summed E-state index contributed by atoms with van der Waals surface area (Å²) in [4.78, 5) is 23.9. The first-order valence-electron chi connectivity index (χ1n) is 7.82. The zero-order valence-electron chi connectivity index (χ0n) is 13.5. The average molecular weight is 373 g/mol. The molecule has 0 saturated heterocycles. The summed E-state index contributed by atoms with van der Waals surface area (Å²) in [5.41, 5.74) is 1.72. The number of benzene rings is 2. The summed E-state index contributed by atoms with van der Waals surface area (Å²) in [5, 5.41) is 7.05. The summed E-state index contributed by atoms with van der Waals surface area (Å²) < 4.78 is 17.9. The molecule has 7 heteroatoms. The van der Waals surface area contributed by atoms with Gasteiger partial charge in [-0.1, -0.05) is 28.9 Å². The van der Waals surface area contributed by atoms with Crippen molar-refractivity contribution in [3.05, 3.63) is 71.0 Å². The fraction of sp³-hybridized carbons (Fsp3) is 0.105. The lowest BCUT2D eigenvalue weighted by atomic mass is 10.1. The number of hydrogen-bond donors (Lipinski definition) is 1. The van der Waals surface area contributed by atoms with E-state index in [0.29, 0.717) is 16.3 Å². The Hall–Kier alpha value is -2.99. The van der Waals surface area contributed by atoms with Gasteiger partial charge in [0, 0.05) is 35.1 Å². The van der Waals surface area contributed by atoms with Crippen molar-refractivity contribution >= 4 is 29.2 Å². The van der Waals surface area contributed by atoms with E-state index in [4.69, 9.17) is 16.1 Å².